The van der Waals surface area contributed by atoms with Crippen LogP contribution in [0.25, 0.3) is 44.2 Å². The minimum Gasteiger partial charge on any atom is -0.454 e. The Hall–Kier alpha value is -5.08. The first-order chi connectivity index (χ1) is 23.8. The Labute approximate surface area is 296 Å². The minimum atomic E-state index is -0.147. The molecule has 0 amide bonds. The SMILES string of the molecule is Cc1cc(C)c2c(oc3ccccc32)c1N(c1ccc2c(c1)C(C)(C)c1ccccc1-2)c1ccc2c(c1)C(C)(C)c1cccc(C(C)(C)C)c1-2. The fourth-order valence-electron chi connectivity index (χ4n) is 9.30. The zero-order valence-electron chi connectivity index (χ0n) is 30.7. The van der Waals surface area contributed by atoms with Crippen molar-refractivity contribution < 1.29 is 4.42 Å². The molecule has 2 aliphatic rings. The Morgan fingerprint density at radius 2 is 1.16 bits per heavy atom. The first-order valence-electron chi connectivity index (χ1n) is 18.0. The third-order valence-electron chi connectivity index (χ3n) is 11.8. The summed E-state index contributed by atoms with van der Waals surface area (Å²) in [5.74, 6) is 0. The predicted molar refractivity (Wildman–Crippen MR) is 212 cm³/mol. The molecule has 0 N–H and O–H groups in total. The molecule has 1 heterocycles. The van der Waals surface area contributed by atoms with Crippen molar-refractivity contribution in [2.75, 3.05) is 4.90 Å². The average Bonchev–Trinajstić information content (AvgIpc) is 3.66. The molecular weight excluding hydrogens is 607 g/mol. The molecule has 50 heavy (non-hydrogen) atoms. The molecule has 0 bridgehead atoms. The molecule has 2 heteroatoms. The average molecular weight is 652 g/mol. The fraction of sp³-hybridized carbons (Fsp3) is 0.250. The molecule has 7 aromatic rings. The molecule has 0 saturated carbocycles. The lowest BCUT2D eigenvalue weighted by Gasteiger charge is -2.31. The zero-order chi connectivity index (χ0) is 34.9. The van der Waals surface area contributed by atoms with Crippen molar-refractivity contribution in [1.82, 2.24) is 0 Å². The highest BCUT2D eigenvalue weighted by molar-refractivity contribution is 6.12. The number of hydrogen-bond acceptors (Lipinski definition) is 2. The maximum absolute atomic E-state index is 6.85. The molecule has 0 aliphatic heterocycles. The molecule has 9 rings (SSSR count). The van der Waals surface area contributed by atoms with Crippen molar-refractivity contribution in [2.45, 2.75) is 78.6 Å². The second-order valence-electron chi connectivity index (χ2n) is 16.7. The van der Waals surface area contributed by atoms with Crippen LogP contribution in [-0.2, 0) is 16.2 Å². The highest BCUT2D eigenvalue weighted by atomic mass is 16.3. The van der Waals surface area contributed by atoms with Crippen molar-refractivity contribution in [3.8, 4) is 22.3 Å². The van der Waals surface area contributed by atoms with Crippen LogP contribution in [0.4, 0.5) is 17.1 Å². The maximum Gasteiger partial charge on any atom is 0.159 e. The topological polar surface area (TPSA) is 16.4 Å². The Bertz CT molecular complexity index is 2550. The van der Waals surface area contributed by atoms with E-state index in [0.717, 1.165) is 33.6 Å². The van der Waals surface area contributed by atoms with E-state index < -0.39 is 0 Å². The zero-order valence-corrected chi connectivity index (χ0v) is 30.7. The van der Waals surface area contributed by atoms with Gasteiger partial charge in [-0.3, -0.25) is 0 Å². The van der Waals surface area contributed by atoms with Gasteiger partial charge in [0.05, 0.1) is 5.69 Å². The van der Waals surface area contributed by atoms with Crippen molar-refractivity contribution in [2.24, 2.45) is 0 Å². The summed E-state index contributed by atoms with van der Waals surface area (Å²) in [4.78, 5) is 2.48. The Balaban J connectivity index is 1.33. The Morgan fingerprint density at radius 1 is 0.560 bits per heavy atom. The first-order valence-corrected chi connectivity index (χ1v) is 18.0. The lowest BCUT2D eigenvalue weighted by Crippen LogP contribution is -2.18. The van der Waals surface area contributed by atoms with Gasteiger partial charge in [-0.25, -0.2) is 0 Å². The number of para-hydroxylation sites is 1. The van der Waals surface area contributed by atoms with Crippen LogP contribution in [0.5, 0.6) is 0 Å². The van der Waals surface area contributed by atoms with Gasteiger partial charge in [0.1, 0.15) is 5.58 Å². The van der Waals surface area contributed by atoms with Gasteiger partial charge in [-0.2, -0.15) is 0 Å². The molecule has 0 spiro atoms. The molecule has 6 aromatic carbocycles. The molecule has 0 radical (unpaired) electrons. The van der Waals surface area contributed by atoms with Gasteiger partial charge in [-0.05, 0) is 111 Å². The van der Waals surface area contributed by atoms with Crippen molar-refractivity contribution in [3.63, 3.8) is 0 Å². The highest BCUT2D eigenvalue weighted by Crippen LogP contribution is 2.55. The van der Waals surface area contributed by atoms with Crippen LogP contribution in [0.3, 0.4) is 0 Å². The molecule has 2 aliphatic carbocycles. The fourth-order valence-corrected chi connectivity index (χ4v) is 9.30. The monoisotopic (exact) mass is 651 g/mol. The summed E-state index contributed by atoms with van der Waals surface area (Å²) in [5, 5.41) is 2.34. The van der Waals surface area contributed by atoms with Crippen molar-refractivity contribution in [3.05, 3.63) is 148 Å². The lowest BCUT2D eigenvalue weighted by atomic mass is 9.79. The van der Waals surface area contributed by atoms with Gasteiger partial charge in [0.2, 0.25) is 0 Å². The molecular formula is C48H45NO. The molecule has 2 nitrogen and oxygen atoms in total. The summed E-state index contributed by atoms with van der Waals surface area (Å²) >= 11 is 0. The van der Waals surface area contributed by atoms with E-state index in [9.17, 15) is 0 Å². The Kier molecular flexibility index (Phi) is 6.33. The van der Waals surface area contributed by atoms with Crippen LogP contribution in [0.2, 0.25) is 0 Å². The lowest BCUT2D eigenvalue weighted by molar-refractivity contribution is 0.589. The first kappa shape index (κ1) is 30.9. The van der Waals surface area contributed by atoms with Gasteiger partial charge >= 0.3 is 0 Å². The van der Waals surface area contributed by atoms with Crippen LogP contribution < -0.4 is 4.90 Å². The number of benzene rings is 6. The van der Waals surface area contributed by atoms with Gasteiger partial charge in [0.15, 0.2) is 5.58 Å². The number of nitrogens with zero attached hydrogens (tertiary/aromatic N) is 1. The van der Waals surface area contributed by atoms with E-state index >= 15 is 0 Å². The van der Waals surface area contributed by atoms with Crippen molar-refractivity contribution >= 4 is 39.0 Å². The van der Waals surface area contributed by atoms with Crippen LogP contribution >= 0.6 is 0 Å². The second kappa shape index (κ2) is 10.2. The summed E-state index contributed by atoms with van der Waals surface area (Å²) in [5.41, 5.74) is 19.8. The summed E-state index contributed by atoms with van der Waals surface area (Å²) in [6.45, 7) is 20.9. The normalized spacial score (nSPS) is 15.2. The minimum absolute atomic E-state index is 0.0362. The molecule has 0 unspecified atom stereocenters. The van der Waals surface area contributed by atoms with Gasteiger partial charge in [-0.1, -0.05) is 127 Å². The molecule has 1 aromatic heterocycles. The van der Waals surface area contributed by atoms with E-state index in [1.807, 2.05) is 0 Å². The number of aryl methyl sites for hydroxylation is 2. The van der Waals surface area contributed by atoms with Gasteiger partial charge < -0.3 is 9.32 Å². The standard InChI is InChI=1S/C48H45NO/c1-28-25-29(2)44(45-42(28)35-16-11-13-20-41(35)50-45)49(30-21-23-33-32-15-10-12-17-36(32)47(6,7)39(33)26-30)31-22-24-34-40(27-31)48(8,9)38-19-14-18-37(43(34)38)46(3,4)5/h10-27H,1-9H3. The second-order valence-corrected chi connectivity index (χ2v) is 16.7. The summed E-state index contributed by atoms with van der Waals surface area (Å²) in [6.07, 6.45) is 0. The van der Waals surface area contributed by atoms with Crippen molar-refractivity contribution in [1.29, 1.82) is 0 Å². The van der Waals surface area contributed by atoms with E-state index in [-0.39, 0.29) is 16.2 Å². The van der Waals surface area contributed by atoms with E-state index in [2.05, 4.69) is 176 Å². The number of anilines is 3. The molecule has 0 saturated heterocycles. The van der Waals surface area contributed by atoms with Crippen LogP contribution in [0, 0.1) is 13.8 Å². The van der Waals surface area contributed by atoms with Gasteiger partial charge in [-0.15, -0.1) is 0 Å². The van der Waals surface area contributed by atoms with Crippen LogP contribution in [0.15, 0.2) is 114 Å². The van der Waals surface area contributed by atoms with Crippen LogP contribution in [-0.4, -0.2) is 0 Å². The number of fused-ring (bicyclic) bond motifs is 9. The third kappa shape index (κ3) is 4.14. The Morgan fingerprint density at radius 3 is 1.90 bits per heavy atom. The van der Waals surface area contributed by atoms with E-state index in [1.54, 1.807) is 0 Å². The van der Waals surface area contributed by atoms with E-state index in [0.29, 0.717) is 0 Å². The maximum atomic E-state index is 6.85. The van der Waals surface area contributed by atoms with E-state index in [1.165, 1.54) is 66.6 Å². The summed E-state index contributed by atoms with van der Waals surface area (Å²) in [6, 6.07) is 40.9. The smallest absolute Gasteiger partial charge is 0.159 e. The van der Waals surface area contributed by atoms with Crippen LogP contribution in [0.1, 0.15) is 87.4 Å². The summed E-state index contributed by atoms with van der Waals surface area (Å²) < 4.78 is 6.85. The number of rotatable bonds is 3. The van der Waals surface area contributed by atoms with Gasteiger partial charge in [0.25, 0.3) is 0 Å². The third-order valence-corrected chi connectivity index (χ3v) is 11.8. The molecule has 248 valence electrons. The number of hydrogen-bond donors (Lipinski definition) is 0. The molecule has 0 atom stereocenters. The largest absolute Gasteiger partial charge is 0.454 e. The molecule has 0 fully saturated rings. The number of furan rings is 1. The predicted octanol–water partition coefficient (Wildman–Crippen LogP) is 13.6. The quantitative estimate of drug-likeness (QED) is 0.189. The van der Waals surface area contributed by atoms with E-state index in [4.69, 9.17) is 4.42 Å². The van der Waals surface area contributed by atoms with Gasteiger partial charge in [0, 0.05) is 33.0 Å². The highest BCUT2D eigenvalue weighted by Gasteiger charge is 2.40. The summed E-state index contributed by atoms with van der Waals surface area (Å²) in [7, 11) is 0.